The second kappa shape index (κ2) is 1.82. The van der Waals surface area contributed by atoms with Crippen LogP contribution in [0.2, 0.25) is 0 Å². The summed E-state index contributed by atoms with van der Waals surface area (Å²) < 4.78 is 0. The second-order valence-electron chi connectivity index (χ2n) is 3.97. The van der Waals surface area contributed by atoms with Gasteiger partial charge in [0.1, 0.15) is 5.76 Å². The molecule has 4 atom stereocenters. The van der Waals surface area contributed by atoms with Crippen LogP contribution in [0.3, 0.4) is 0 Å². The zero-order valence-corrected chi connectivity index (χ0v) is 6.60. The molecule has 0 aromatic heterocycles. The van der Waals surface area contributed by atoms with Gasteiger partial charge >= 0.3 is 0 Å². The van der Waals surface area contributed by atoms with Gasteiger partial charge in [0.15, 0.2) is 5.78 Å². The fraction of sp³-hybridized carbons (Fsp3) is 0.500. The molecule has 0 aromatic carbocycles. The quantitative estimate of drug-likeness (QED) is 0.547. The van der Waals surface area contributed by atoms with Gasteiger partial charge in [-0.3, -0.25) is 4.79 Å². The van der Waals surface area contributed by atoms with Crippen molar-refractivity contribution in [3.8, 4) is 0 Å². The number of carbonyl (C=O) groups excluding carboxylic acids is 1. The Balaban J connectivity index is 2.09. The summed E-state index contributed by atoms with van der Waals surface area (Å²) in [7, 11) is 0. The number of aliphatic hydroxyl groups excluding tert-OH is 1. The van der Waals surface area contributed by atoms with E-state index in [2.05, 4.69) is 12.2 Å². The molecule has 62 valence electrons. The third-order valence-electron chi connectivity index (χ3n) is 3.42. The second-order valence-corrected chi connectivity index (χ2v) is 3.97. The molecule has 0 saturated heterocycles. The van der Waals surface area contributed by atoms with Crippen molar-refractivity contribution in [2.45, 2.75) is 6.42 Å². The van der Waals surface area contributed by atoms with Crippen LogP contribution < -0.4 is 0 Å². The highest BCUT2D eigenvalue weighted by molar-refractivity contribution is 5.96. The molecule has 1 saturated carbocycles. The fourth-order valence-electron chi connectivity index (χ4n) is 2.95. The van der Waals surface area contributed by atoms with Gasteiger partial charge in [0.25, 0.3) is 0 Å². The lowest BCUT2D eigenvalue weighted by atomic mass is 9.84. The molecule has 0 amide bonds. The molecular formula is C10H10O2. The van der Waals surface area contributed by atoms with Crippen molar-refractivity contribution >= 4 is 5.78 Å². The highest BCUT2D eigenvalue weighted by atomic mass is 16.3. The summed E-state index contributed by atoms with van der Waals surface area (Å²) >= 11 is 0. The predicted molar refractivity (Wildman–Crippen MR) is 43.4 cm³/mol. The lowest BCUT2D eigenvalue weighted by Crippen LogP contribution is -2.21. The summed E-state index contributed by atoms with van der Waals surface area (Å²) in [5, 5.41) is 9.50. The minimum absolute atomic E-state index is 0.0833. The Morgan fingerprint density at radius 1 is 1.25 bits per heavy atom. The van der Waals surface area contributed by atoms with Crippen molar-refractivity contribution in [2.75, 3.05) is 0 Å². The minimum atomic E-state index is 0.0833. The number of hydrogen-bond donors (Lipinski definition) is 1. The highest BCUT2D eigenvalue weighted by Gasteiger charge is 2.52. The van der Waals surface area contributed by atoms with Crippen molar-refractivity contribution in [1.82, 2.24) is 0 Å². The summed E-state index contributed by atoms with van der Waals surface area (Å²) in [6.45, 7) is 0. The number of hydrogen-bond acceptors (Lipinski definition) is 2. The molecule has 2 heteroatoms. The molecule has 1 fully saturated rings. The Bertz CT molecular complexity index is 314. The van der Waals surface area contributed by atoms with E-state index in [-0.39, 0.29) is 17.6 Å². The van der Waals surface area contributed by atoms with Crippen LogP contribution in [0.15, 0.2) is 24.0 Å². The van der Waals surface area contributed by atoms with Crippen LogP contribution in [0.4, 0.5) is 0 Å². The standard InChI is InChI=1S/C10H10O2/c11-7-4-8(12)10-6-2-1-5(3-6)9(7)10/h1-2,4-6,9-11H,3H2/t5-,6-,9+,10+/m0/s1. The van der Waals surface area contributed by atoms with Crippen molar-refractivity contribution in [1.29, 1.82) is 0 Å². The average Bonchev–Trinajstić information content (AvgIpc) is 2.64. The van der Waals surface area contributed by atoms with Crippen LogP contribution in [0.5, 0.6) is 0 Å². The smallest absolute Gasteiger partial charge is 0.163 e. The first-order valence-corrected chi connectivity index (χ1v) is 4.40. The van der Waals surface area contributed by atoms with E-state index in [1.54, 1.807) is 0 Å². The Morgan fingerprint density at radius 2 is 1.92 bits per heavy atom. The van der Waals surface area contributed by atoms with E-state index in [4.69, 9.17) is 0 Å². The summed E-state index contributed by atoms with van der Waals surface area (Å²) in [6.07, 6.45) is 6.77. The number of allylic oxidation sites excluding steroid dienone is 4. The van der Waals surface area contributed by atoms with Crippen LogP contribution in [-0.4, -0.2) is 10.9 Å². The topological polar surface area (TPSA) is 37.3 Å². The maximum Gasteiger partial charge on any atom is 0.163 e. The molecule has 3 aliphatic carbocycles. The number of aliphatic hydroxyl groups is 1. The highest BCUT2D eigenvalue weighted by Crippen LogP contribution is 2.53. The molecule has 2 bridgehead atoms. The van der Waals surface area contributed by atoms with E-state index in [1.807, 2.05) is 0 Å². The first-order valence-electron chi connectivity index (χ1n) is 4.40. The number of ketones is 1. The van der Waals surface area contributed by atoms with E-state index in [9.17, 15) is 9.90 Å². The van der Waals surface area contributed by atoms with Gasteiger partial charge in [-0.25, -0.2) is 0 Å². The summed E-state index contributed by atoms with van der Waals surface area (Å²) in [5.74, 6) is 1.51. The van der Waals surface area contributed by atoms with Crippen LogP contribution in [0.1, 0.15) is 6.42 Å². The first kappa shape index (κ1) is 6.46. The number of fused-ring (bicyclic) bond motifs is 5. The molecular weight excluding hydrogens is 152 g/mol. The van der Waals surface area contributed by atoms with E-state index in [0.717, 1.165) is 6.42 Å². The fourth-order valence-corrected chi connectivity index (χ4v) is 2.95. The van der Waals surface area contributed by atoms with E-state index in [0.29, 0.717) is 17.6 Å². The molecule has 0 radical (unpaired) electrons. The normalized spacial score (nSPS) is 48.3. The van der Waals surface area contributed by atoms with Gasteiger partial charge in [-0.05, 0) is 18.3 Å². The molecule has 0 spiro atoms. The van der Waals surface area contributed by atoms with Gasteiger partial charge < -0.3 is 5.11 Å². The van der Waals surface area contributed by atoms with Gasteiger partial charge in [-0.1, -0.05) is 12.2 Å². The van der Waals surface area contributed by atoms with Crippen molar-refractivity contribution < 1.29 is 9.90 Å². The monoisotopic (exact) mass is 162 g/mol. The summed E-state index contributed by atoms with van der Waals surface area (Å²) in [5.41, 5.74) is 0. The summed E-state index contributed by atoms with van der Waals surface area (Å²) in [6, 6.07) is 0. The molecule has 0 heterocycles. The minimum Gasteiger partial charge on any atom is -0.512 e. The van der Waals surface area contributed by atoms with Crippen LogP contribution in [-0.2, 0) is 4.79 Å². The molecule has 3 rings (SSSR count). The summed E-state index contributed by atoms with van der Waals surface area (Å²) in [4.78, 5) is 11.4. The lowest BCUT2D eigenvalue weighted by molar-refractivity contribution is -0.118. The van der Waals surface area contributed by atoms with Gasteiger partial charge in [-0.15, -0.1) is 0 Å². The molecule has 0 aromatic rings. The van der Waals surface area contributed by atoms with Gasteiger partial charge in [0.2, 0.25) is 0 Å². The van der Waals surface area contributed by atoms with E-state index >= 15 is 0 Å². The Labute approximate surface area is 70.6 Å². The molecule has 0 unspecified atom stereocenters. The zero-order chi connectivity index (χ0) is 8.29. The first-order chi connectivity index (χ1) is 5.77. The Hall–Kier alpha value is -1.05. The van der Waals surface area contributed by atoms with Gasteiger partial charge in [0.05, 0.1) is 0 Å². The SMILES string of the molecule is O=C1C=C(O)[C@@H]2[C@@H]1[C@H]1C=C[C@H]2C1. The third-order valence-corrected chi connectivity index (χ3v) is 3.42. The molecule has 1 N–H and O–H groups in total. The lowest BCUT2D eigenvalue weighted by Gasteiger charge is -2.19. The Kier molecular flexibility index (Phi) is 0.978. The maximum absolute atomic E-state index is 11.4. The van der Waals surface area contributed by atoms with Crippen LogP contribution in [0.25, 0.3) is 0 Å². The Morgan fingerprint density at radius 3 is 2.58 bits per heavy atom. The van der Waals surface area contributed by atoms with Crippen molar-refractivity contribution in [2.24, 2.45) is 23.7 Å². The van der Waals surface area contributed by atoms with Crippen molar-refractivity contribution in [3.63, 3.8) is 0 Å². The molecule has 3 aliphatic rings. The zero-order valence-electron chi connectivity index (χ0n) is 6.60. The maximum atomic E-state index is 11.4. The van der Waals surface area contributed by atoms with Crippen molar-refractivity contribution in [3.05, 3.63) is 24.0 Å². The largest absolute Gasteiger partial charge is 0.512 e. The number of rotatable bonds is 0. The van der Waals surface area contributed by atoms with E-state index < -0.39 is 0 Å². The average molecular weight is 162 g/mol. The van der Waals surface area contributed by atoms with Gasteiger partial charge in [0, 0.05) is 17.9 Å². The number of carbonyl (C=O) groups is 1. The third kappa shape index (κ3) is 0.554. The molecule has 2 nitrogen and oxygen atoms in total. The van der Waals surface area contributed by atoms with Crippen LogP contribution >= 0.6 is 0 Å². The van der Waals surface area contributed by atoms with Gasteiger partial charge in [-0.2, -0.15) is 0 Å². The molecule has 12 heavy (non-hydrogen) atoms. The van der Waals surface area contributed by atoms with E-state index in [1.165, 1.54) is 6.08 Å². The van der Waals surface area contributed by atoms with Crippen LogP contribution in [0, 0.1) is 23.7 Å². The molecule has 0 aliphatic heterocycles. The predicted octanol–water partition coefficient (Wildman–Crippen LogP) is 1.45.